The molecule has 0 saturated heterocycles. The van der Waals surface area contributed by atoms with Crippen molar-refractivity contribution in [2.24, 2.45) is 0 Å². The maximum Gasteiger partial charge on any atom is 0.292 e. The maximum atomic E-state index is 12.5. The minimum atomic E-state index is -0.494. The second-order valence-electron chi connectivity index (χ2n) is 6.75. The van der Waals surface area contributed by atoms with Crippen LogP contribution in [0.5, 0.6) is 0 Å². The SMILES string of the molecule is CCCc1ccc([C@@H]([NH2+]CC(=O)Nc2ccccc2[N+](=O)[O-])c2cccs2)cc1. The van der Waals surface area contributed by atoms with Gasteiger partial charge in [0.15, 0.2) is 6.54 Å². The van der Waals surface area contributed by atoms with Crippen molar-refractivity contribution < 1.29 is 15.0 Å². The molecule has 1 aromatic heterocycles. The molecule has 3 rings (SSSR count). The highest BCUT2D eigenvalue weighted by Crippen LogP contribution is 2.24. The average Bonchev–Trinajstić information content (AvgIpc) is 3.24. The number of nitrogens with one attached hydrogen (secondary N) is 1. The molecule has 0 fully saturated rings. The van der Waals surface area contributed by atoms with Crippen molar-refractivity contribution in [2.75, 3.05) is 11.9 Å². The third kappa shape index (κ3) is 5.49. The summed E-state index contributed by atoms with van der Waals surface area (Å²) in [7, 11) is 0. The minimum absolute atomic E-state index is 0.00202. The third-order valence-electron chi connectivity index (χ3n) is 4.64. The number of para-hydroxylation sites is 2. The number of carbonyl (C=O) groups excluding carboxylic acids is 1. The van der Waals surface area contributed by atoms with E-state index in [4.69, 9.17) is 0 Å². The van der Waals surface area contributed by atoms with E-state index in [1.807, 2.05) is 16.8 Å². The number of nitro groups is 1. The van der Waals surface area contributed by atoms with Crippen LogP contribution in [0.2, 0.25) is 0 Å². The second-order valence-corrected chi connectivity index (χ2v) is 7.73. The Morgan fingerprint density at radius 2 is 1.90 bits per heavy atom. The fourth-order valence-corrected chi connectivity index (χ4v) is 4.08. The van der Waals surface area contributed by atoms with Gasteiger partial charge in [-0.1, -0.05) is 55.8 Å². The van der Waals surface area contributed by atoms with Gasteiger partial charge in [0, 0.05) is 11.6 Å². The Balaban J connectivity index is 1.71. The lowest BCUT2D eigenvalue weighted by atomic mass is 10.0. The van der Waals surface area contributed by atoms with E-state index in [2.05, 4.69) is 42.6 Å². The fourth-order valence-electron chi connectivity index (χ4n) is 3.23. The summed E-state index contributed by atoms with van der Waals surface area (Å²) in [5, 5.41) is 17.8. The number of anilines is 1. The van der Waals surface area contributed by atoms with Crippen molar-refractivity contribution in [2.45, 2.75) is 25.8 Å². The second kappa shape index (κ2) is 9.95. The van der Waals surface area contributed by atoms with Crippen molar-refractivity contribution in [3.8, 4) is 0 Å². The highest BCUT2D eigenvalue weighted by Gasteiger charge is 2.21. The number of hydrogen-bond donors (Lipinski definition) is 2. The van der Waals surface area contributed by atoms with Crippen molar-refractivity contribution >= 4 is 28.6 Å². The Morgan fingerprint density at radius 1 is 1.14 bits per heavy atom. The first-order valence-corrected chi connectivity index (χ1v) is 10.4. The molecule has 6 nitrogen and oxygen atoms in total. The molecule has 0 aliphatic rings. The quantitative estimate of drug-likeness (QED) is 0.414. The molecule has 0 aliphatic heterocycles. The van der Waals surface area contributed by atoms with Crippen LogP contribution in [0.4, 0.5) is 11.4 Å². The molecule has 0 saturated carbocycles. The number of rotatable bonds is 9. The van der Waals surface area contributed by atoms with Gasteiger partial charge in [-0.15, -0.1) is 11.3 Å². The van der Waals surface area contributed by atoms with Gasteiger partial charge in [0.1, 0.15) is 11.7 Å². The Bertz CT molecular complexity index is 956. The van der Waals surface area contributed by atoms with Crippen LogP contribution in [0.3, 0.4) is 0 Å². The summed E-state index contributed by atoms with van der Waals surface area (Å²) in [4.78, 5) is 24.3. The van der Waals surface area contributed by atoms with Crippen molar-refractivity contribution in [1.29, 1.82) is 0 Å². The summed E-state index contributed by atoms with van der Waals surface area (Å²) >= 11 is 1.65. The molecule has 1 atom stereocenters. The van der Waals surface area contributed by atoms with E-state index >= 15 is 0 Å². The Kier molecular flexibility index (Phi) is 7.10. The number of benzene rings is 2. The minimum Gasteiger partial charge on any atom is -0.328 e. The van der Waals surface area contributed by atoms with Crippen LogP contribution in [0.25, 0.3) is 0 Å². The monoisotopic (exact) mass is 410 g/mol. The lowest BCUT2D eigenvalue weighted by Crippen LogP contribution is -2.87. The van der Waals surface area contributed by atoms with Crippen molar-refractivity contribution in [3.05, 3.63) is 92.2 Å². The molecule has 0 bridgehead atoms. The maximum absolute atomic E-state index is 12.5. The number of hydrogen-bond acceptors (Lipinski definition) is 4. The molecule has 0 aliphatic carbocycles. The Hall–Kier alpha value is -3.03. The zero-order valence-corrected chi connectivity index (χ0v) is 17.0. The summed E-state index contributed by atoms with van der Waals surface area (Å²) in [6.45, 7) is 2.32. The smallest absolute Gasteiger partial charge is 0.292 e. The van der Waals surface area contributed by atoms with Crippen LogP contribution in [-0.2, 0) is 11.2 Å². The summed E-state index contributed by atoms with van der Waals surface area (Å²) in [6, 6.07) is 18.7. The highest BCUT2D eigenvalue weighted by molar-refractivity contribution is 7.10. The number of carbonyl (C=O) groups is 1. The van der Waals surface area contributed by atoms with Crippen LogP contribution in [0.1, 0.15) is 35.4 Å². The number of aryl methyl sites for hydroxylation is 1. The zero-order chi connectivity index (χ0) is 20.6. The van der Waals surface area contributed by atoms with Crippen LogP contribution < -0.4 is 10.6 Å². The van der Waals surface area contributed by atoms with Crippen LogP contribution in [0.15, 0.2) is 66.0 Å². The topological polar surface area (TPSA) is 88.8 Å². The van der Waals surface area contributed by atoms with E-state index < -0.39 is 4.92 Å². The van der Waals surface area contributed by atoms with Crippen LogP contribution >= 0.6 is 11.3 Å². The number of amides is 1. The van der Waals surface area contributed by atoms with Gasteiger partial charge in [0.2, 0.25) is 0 Å². The molecular weight excluding hydrogens is 386 g/mol. The number of nitrogens with two attached hydrogens (primary N) is 1. The van der Waals surface area contributed by atoms with E-state index in [1.165, 1.54) is 11.6 Å². The molecule has 3 aromatic rings. The molecule has 0 spiro atoms. The zero-order valence-electron chi connectivity index (χ0n) is 16.2. The van der Waals surface area contributed by atoms with E-state index in [0.29, 0.717) is 0 Å². The van der Waals surface area contributed by atoms with Gasteiger partial charge in [-0.2, -0.15) is 0 Å². The first-order chi connectivity index (χ1) is 14.1. The van der Waals surface area contributed by atoms with Gasteiger partial charge in [0.05, 0.1) is 9.80 Å². The summed E-state index contributed by atoms with van der Waals surface area (Å²) in [6.07, 6.45) is 2.15. The lowest BCUT2D eigenvalue weighted by molar-refractivity contribution is -0.675. The van der Waals surface area contributed by atoms with Gasteiger partial charge in [-0.05, 0) is 29.5 Å². The van der Waals surface area contributed by atoms with E-state index in [-0.39, 0.29) is 29.9 Å². The number of thiophene rings is 1. The lowest BCUT2D eigenvalue weighted by Gasteiger charge is -2.15. The standard InChI is InChI=1S/C22H23N3O3S/c1-2-6-16-10-12-17(13-11-16)22(20-9-5-14-29-20)23-15-21(26)24-18-7-3-4-8-19(18)25(27)28/h3-5,7-14,22-23H,2,6,15H2,1H3,(H,24,26)/p+1/t22-/m1/s1. The Morgan fingerprint density at radius 3 is 2.55 bits per heavy atom. The summed E-state index contributed by atoms with van der Waals surface area (Å²) in [5.41, 5.74) is 2.54. The molecule has 0 unspecified atom stereocenters. The predicted molar refractivity (Wildman–Crippen MR) is 115 cm³/mol. The first kappa shape index (κ1) is 20.7. The molecule has 150 valence electrons. The normalized spacial score (nSPS) is 11.8. The van der Waals surface area contributed by atoms with E-state index in [9.17, 15) is 14.9 Å². The molecule has 29 heavy (non-hydrogen) atoms. The fraction of sp³-hybridized carbons (Fsp3) is 0.227. The van der Waals surface area contributed by atoms with Crippen molar-refractivity contribution in [1.82, 2.24) is 0 Å². The molecule has 1 heterocycles. The number of nitro benzene ring substituents is 1. The van der Waals surface area contributed by atoms with Gasteiger partial charge in [-0.25, -0.2) is 0 Å². The highest BCUT2D eigenvalue weighted by atomic mass is 32.1. The number of nitrogens with zero attached hydrogens (tertiary/aromatic N) is 1. The third-order valence-corrected chi connectivity index (χ3v) is 5.60. The van der Waals surface area contributed by atoms with Gasteiger partial charge < -0.3 is 10.6 Å². The van der Waals surface area contributed by atoms with Gasteiger partial charge >= 0.3 is 0 Å². The van der Waals surface area contributed by atoms with E-state index in [1.54, 1.807) is 29.5 Å². The molecule has 2 aromatic carbocycles. The van der Waals surface area contributed by atoms with Crippen LogP contribution in [-0.4, -0.2) is 17.4 Å². The summed E-state index contributed by atoms with van der Waals surface area (Å²) < 4.78 is 0. The largest absolute Gasteiger partial charge is 0.328 e. The molecule has 7 heteroatoms. The number of quaternary nitrogens is 1. The van der Waals surface area contributed by atoms with E-state index in [0.717, 1.165) is 23.3 Å². The summed E-state index contributed by atoms with van der Waals surface area (Å²) in [5.74, 6) is -0.275. The van der Waals surface area contributed by atoms with Gasteiger partial charge in [0.25, 0.3) is 11.6 Å². The molecule has 3 N–H and O–H groups in total. The van der Waals surface area contributed by atoms with Crippen molar-refractivity contribution in [3.63, 3.8) is 0 Å². The predicted octanol–water partition coefficient (Wildman–Crippen LogP) is 3.90. The molecular formula is C22H24N3O3S+. The average molecular weight is 411 g/mol. The van der Waals surface area contributed by atoms with Gasteiger partial charge in [-0.3, -0.25) is 14.9 Å². The molecule has 0 radical (unpaired) electrons. The first-order valence-electron chi connectivity index (χ1n) is 9.57. The van der Waals surface area contributed by atoms with Crippen LogP contribution in [0, 0.1) is 10.1 Å². The molecule has 1 amide bonds. The Labute approximate surface area is 173 Å².